The molecule has 15 nitrogen and oxygen atoms in total. The number of primary amides is 1. The Hall–Kier alpha value is -6.64. The predicted molar refractivity (Wildman–Crippen MR) is 219 cm³/mol. The molecule has 0 spiro atoms. The Balaban J connectivity index is 1.01. The summed E-state index contributed by atoms with van der Waals surface area (Å²) in [6.07, 6.45) is 5.01. The molecule has 5 aromatic rings. The normalized spacial score (nSPS) is 18.1. The number of nitrogens with one attached hydrogen (secondary N) is 3. The SMILES string of the molecule is COC(=O)N[C@H](C(=O)N1CCCC1c1ncc(-c2ccc(-c3ccc(-c4cnc([C@@H]5CCCN5C(=O)[C@](C)(Cc5ccc(O)cc5)OC(N)=O)[nH]4)cc3)cc2)[nH]1)C(C)C. The van der Waals surface area contributed by atoms with Crippen molar-refractivity contribution in [2.75, 3.05) is 20.2 Å². The summed E-state index contributed by atoms with van der Waals surface area (Å²) < 4.78 is 10.2. The second-order valence-electron chi connectivity index (χ2n) is 15.7. The van der Waals surface area contributed by atoms with Crippen molar-refractivity contribution in [3.63, 3.8) is 0 Å². The van der Waals surface area contributed by atoms with Crippen molar-refractivity contribution in [2.24, 2.45) is 11.7 Å². The zero-order valence-electron chi connectivity index (χ0n) is 33.6. The van der Waals surface area contributed by atoms with Crippen LogP contribution in [0.25, 0.3) is 33.6 Å². The van der Waals surface area contributed by atoms with Gasteiger partial charge in [0.05, 0.1) is 43.0 Å². The predicted octanol–water partition coefficient (Wildman–Crippen LogP) is 6.64. The number of phenols is 1. The van der Waals surface area contributed by atoms with E-state index in [1.165, 1.54) is 19.2 Å². The third-order valence-electron chi connectivity index (χ3n) is 11.2. The van der Waals surface area contributed by atoms with Gasteiger partial charge in [0.25, 0.3) is 5.91 Å². The minimum Gasteiger partial charge on any atom is -0.508 e. The zero-order chi connectivity index (χ0) is 41.8. The standard InChI is InChI=1S/C44H50N8O7/c1-26(2)37(50-43(57)58-4)40(54)51-21-5-7-35(51)38-46-24-33(48-38)30-15-11-28(12-16-30)29-13-17-31(18-14-29)34-25-47-39(49-34)36-8-6-22-52(36)41(55)44(3,59-42(45)56)23-27-9-19-32(53)20-10-27/h9-20,24-26,35-37,53H,5-8,21-23H2,1-4H3,(H2,45,56)(H,46,48)(H,47,49)(H,50,57)/t35?,36-,37-,44-/m0/s1. The van der Waals surface area contributed by atoms with Crippen LogP contribution in [0.3, 0.4) is 0 Å². The Labute approximate surface area is 342 Å². The van der Waals surface area contributed by atoms with E-state index in [1.807, 2.05) is 50.2 Å². The first-order valence-corrected chi connectivity index (χ1v) is 19.9. The molecule has 3 aromatic carbocycles. The topological polar surface area (TPSA) is 209 Å². The highest BCUT2D eigenvalue weighted by Crippen LogP contribution is 2.36. The number of H-pyrrole nitrogens is 2. The smallest absolute Gasteiger partial charge is 0.407 e. The Bertz CT molecular complexity index is 2290. The summed E-state index contributed by atoms with van der Waals surface area (Å²) in [5, 5.41) is 12.4. The first-order valence-electron chi connectivity index (χ1n) is 19.9. The van der Waals surface area contributed by atoms with E-state index in [0.717, 1.165) is 52.9 Å². The first kappa shape index (κ1) is 40.6. The summed E-state index contributed by atoms with van der Waals surface area (Å²) in [7, 11) is 1.28. The van der Waals surface area contributed by atoms with Gasteiger partial charge in [-0.2, -0.15) is 0 Å². The molecule has 0 bridgehead atoms. The molecule has 2 aliphatic rings. The lowest BCUT2D eigenvalue weighted by molar-refractivity contribution is -0.150. The number of hydrogen-bond donors (Lipinski definition) is 5. The second-order valence-corrected chi connectivity index (χ2v) is 15.7. The van der Waals surface area contributed by atoms with E-state index in [-0.39, 0.29) is 42.0 Å². The molecule has 59 heavy (non-hydrogen) atoms. The number of carbonyl (C=O) groups excluding carboxylic acids is 4. The van der Waals surface area contributed by atoms with Crippen molar-refractivity contribution in [2.45, 2.75) is 76.6 Å². The van der Waals surface area contributed by atoms with E-state index in [4.69, 9.17) is 15.2 Å². The number of imidazole rings is 2. The monoisotopic (exact) mass is 802 g/mol. The summed E-state index contributed by atoms with van der Waals surface area (Å²) >= 11 is 0. The Morgan fingerprint density at radius 3 is 1.80 bits per heavy atom. The van der Waals surface area contributed by atoms with Crippen LogP contribution < -0.4 is 11.1 Å². The van der Waals surface area contributed by atoms with Crippen molar-refractivity contribution in [3.8, 4) is 39.4 Å². The van der Waals surface area contributed by atoms with E-state index >= 15 is 0 Å². The molecule has 4 atom stereocenters. The molecule has 308 valence electrons. The van der Waals surface area contributed by atoms with Crippen LogP contribution in [-0.2, 0) is 25.5 Å². The van der Waals surface area contributed by atoms with Gasteiger partial charge in [-0.1, -0.05) is 74.5 Å². The van der Waals surface area contributed by atoms with Gasteiger partial charge in [0.15, 0.2) is 5.60 Å². The number of aromatic amines is 2. The Morgan fingerprint density at radius 2 is 1.31 bits per heavy atom. The maximum absolute atomic E-state index is 14.0. The van der Waals surface area contributed by atoms with Crippen LogP contribution in [-0.4, -0.2) is 90.7 Å². The van der Waals surface area contributed by atoms with Crippen molar-refractivity contribution in [3.05, 3.63) is 102 Å². The Kier molecular flexibility index (Phi) is 11.7. The van der Waals surface area contributed by atoms with Crippen LogP contribution in [0.2, 0.25) is 0 Å². The van der Waals surface area contributed by atoms with Crippen molar-refractivity contribution in [1.82, 2.24) is 35.1 Å². The molecule has 4 amide bonds. The number of amides is 4. The highest BCUT2D eigenvalue weighted by atomic mass is 16.6. The average molecular weight is 803 g/mol. The van der Waals surface area contributed by atoms with Gasteiger partial charge in [-0.05, 0) is 78.5 Å². The number of nitrogens with zero attached hydrogens (tertiary/aromatic N) is 4. The lowest BCUT2D eigenvalue weighted by atomic mass is 9.94. The van der Waals surface area contributed by atoms with Crippen molar-refractivity contribution < 1.29 is 33.8 Å². The third kappa shape index (κ3) is 8.78. The number of carbonyl (C=O) groups is 4. The largest absolute Gasteiger partial charge is 0.508 e. The van der Waals surface area contributed by atoms with Crippen LogP contribution in [0.1, 0.15) is 75.8 Å². The number of nitrogens with two attached hydrogens (primary N) is 1. The van der Waals surface area contributed by atoms with E-state index in [9.17, 15) is 24.3 Å². The van der Waals surface area contributed by atoms with Crippen LogP contribution in [0.15, 0.2) is 85.2 Å². The summed E-state index contributed by atoms with van der Waals surface area (Å²) in [6.45, 7) is 6.40. The van der Waals surface area contributed by atoms with Crippen LogP contribution >= 0.6 is 0 Å². The van der Waals surface area contributed by atoms with Crippen molar-refractivity contribution in [1.29, 1.82) is 0 Å². The number of methoxy groups -OCH3 is 1. The summed E-state index contributed by atoms with van der Waals surface area (Å²) in [6, 6.07) is 21.4. The lowest BCUT2D eigenvalue weighted by Crippen LogP contribution is -2.51. The number of likely N-dealkylation sites (tertiary alicyclic amines) is 2. The van der Waals surface area contributed by atoms with E-state index in [0.29, 0.717) is 36.7 Å². The molecular formula is C44H50N8O7. The number of aromatic hydroxyl groups is 1. The average Bonchev–Trinajstić information content (AvgIpc) is 4.07. The molecule has 1 unspecified atom stereocenters. The van der Waals surface area contributed by atoms with Crippen LogP contribution in [0, 0.1) is 5.92 Å². The highest BCUT2D eigenvalue weighted by Gasteiger charge is 2.45. The maximum atomic E-state index is 14.0. The lowest BCUT2D eigenvalue weighted by Gasteiger charge is -2.34. The van der Waals surface area contributed by atoms with E-state index in [1.54, 1.807) is 41.2 Å². The number of ether oxygens (including phenoxy) is 2. The molecule has 0 aliphatic carbocycles. The molecule has 2 fully saturated rings. The molecule has 7 rings (SSSR count). The number of rotatable bonds is 12. The van der Waals surface area contributed by atoms with Gasteiger partial charge in [-0.15, -0.1) is 0 Å². The maximum Gasteiger partial charge on any atom is 0.407 e. The Morgan fingerprint density at radius 1 is 0.814 bits per heavy atom. The quantitative estimate of drug-likeness (QED) is 0.0914. The minimum atomic E-state index is -1.56. The van der Waals surface area contributed by atoms with Gasteiger partial charge in [0, 0.05) is 19.5 Å². The molecule has 2 saturated heterocycles. The van der Waals surface area contributed by atoms with Gasteiger partial charge in [0.1, 0.15) is 23.4 Å². The molecule has 0 radical (unpaired) electrons. The molecule has 2 aliphatic heterocycles. The summed E-state index contributed by atoms with van der Waals surface area (Å²) in [5.41, 5.74) is 10.2. The summed E-state index contributed by atoms with van der Waals surface area (Å²) in [4.78, 5) is 71.2. The fourth-order valence-corrected chi connectivity index (χ4v) is 8.16. The van der Waals surface area contributed by atoms with Crippen LogP contribution in [0.4, 0.5) is 9.59 Å². The molecule has 4 heterocycles. The second kappa shape index (κ2) is 17.1. The molecule has 0 saturated carbocycles. The fraction of sp³-hybridized carbons (Fsp3) is 0.364. The van der Waals surface area contributed by atoms with Gasteiger partial charge in [-0.25, -0.2) is 19.6 Å². The molecule has 6 N–H and O–H groups in total. The molecular weight excluding hydrogens is 753 g/mol. The molecule has 15 heteroatoms. The molecule has 2 aromatic heterocycles. The minimum absolute atomic E-state index is 0.0857. The van der Waals surface area contributed by atoms with Crippen molar-refractivity contribution >= 4 is 24.0 Å². The van der Waals surface area contributed by atoms with Gasteiger partial charge >= 0.3 is 12.2 Å². The first-order chi connectivity index (χ1) is 28.3. The van der Waals surface area contributed by atoms with E-state index in [2.05, 4.69) is 37.4 Å². The number of aromatic nitrogens is 4. The van der Waals surface area contributed by atoms with Gasteiger partial charge < -0.3 is 45.4 Å². The van der Waals surface area contributed by atoms with Gasteiger partial charge in [-0.3, -0.25) is 9.59 Å². The number of alkyl carbamates (subject to hydrolysis) is 1. The fourth-order valence-electron chi connectivity index (χ4n) is 8.16. The van der Waals surface area contributed by atoms with Gasteiger partial charge in [0.2, 0.25) is 5.91 Å². The highest BCUT2D eigenvalue weighted by molar-refractivity contribution is 5.88. The van der Waals surface area contributed by atoms with E-state index < -0.39 is 23.8 Å². The zero-order valence-corrected chi connectivity index (χ0v) is 33.6. The summed E-state index contributed by atoms with van der Waals surface area (Å²) in [5.74, 6) is 0.806. The van der Waals surface area contributed by atoms with Crippen LogP contribution in [0.5, 0.6) is 5.75 Å². The number of benzene rings is 3. The number of hydrogen-bond acceptors (Lipinski definition) is 9. The third-order valence-corrected chi connectivity index (χ3v) is 11.2. The number of phenolic OH excluding ortho intramolecular Hbond substituents is 1.